The molecular formula is C10H21NO2. The molecule has 1 saturated heterocycles. The van der Waals surface area contributed by atoms with Gasteiger partial charge in [0.25, 0.3) is 0 Å². The fourth-order valence-electron chi connectivity index (χ4n) is 1.88. The van der Waals surface area contributed by atoms with Gasteiger partial charge in [0.1, 0.15) is 0 Å². The Morgan fingerprint density at radius 1 is 1.62 bits per heavy atom. The normalized spacial score (nSPS) is 27.5. The van der Waals surface area contributed by atoms with E-state index in [1.54, 1.807) is 0 Å². The zero-order valence-electron chi connectivity index (χ0n) is 8.62. The van der Waals surface area contributed by atoms with Crippen molar-refractivity contribution in [3.63, 3.8) is 0 Å². The van der Waals surface area contributed by atoms with Crippen LogP contribution >= 0.6 is 0 Å². The van der Waals surface area contributed by atoms with Gasteiger partial charge < -0.3 is 15.2 Å². The molecule has 1 rings (SSSR count). The van der Waals surface area contributed by atoms with Crippen molar-refractivity contribution >= 4 is 0 Å². The zero-order chi connectivity index (χ0) is 9.68. The van der Waals surface area contributed by atoms with E-state index in [4.69, 9.17) is 9.84 Å². The van der Waals surface area contributed by atoms with Gasteiger partial charge in [0.2, 0.25) is 0 Å². The average molecular weight is 187 g/mol. The van der Waals surface area contributed by atoms with Gasteiger partial charge in [0.05, 0.1) is 13.2 Å². The van der Waals surface area contributed by atoms with Crippen molar-refractivity contribution in [3.05, 3.63) is 0 Å². The van der Waals surface area contributed by atoms with Gasteiger partial charge in [-0.25, -0.2) is 0 Å². The molecular weight excluding hydrogens is 166 g/mol. The Balaban J connectivity index is 2.32. The second-order valence-corrected chi connectivity index (χ2v) is 3.89. The molecule has 0 amide bonds. The molecule has 3 nitrogen and oxygen atoms in total. The lowest BCUT2D eigenvalue weighted by Gasteiger charge is -2.25. The van der Waals surface area contributed by atoms with Crippen molar-refractivity contribution in [3.8, 4) is 0 Å². The molecule has 0 aromatic heterocycles. The topological polar surface area (TPSA) is 41.5 Å². The van der Waals surface area contributed by atoms with Gasteiger partial charge >= 0.3 is 0 Å². The first-order valence-corrected chi connectivity index (χ1v) is 5.22. The van der Waals surface area contributed by atoms with Gasteiger partial charge in [0.15, 0.2) is 0 Å². The summed E-state index contributed by atoms with van der Waals surface area (Å²) in [5.74, 6) is 0.638. The quantitative estimate of drug-likeness (QED) is 0.668. The van der Waals surface area contributed by atoms with E-state index < -0.39 is 0 Å². The van der Waals surface area contributed by atoms with Crippen LogP contribution in [0.25, 0.3) is 0 Å². The largest absolute Gasteiger partial charge is 0.395 e. The summed E-state index contributed by atoms with van der Waals surface area (Å²) in [7, 11) is 0. The highest BCUT2D eigenvalue weighted by Crippen LogP contribution is 2.19. The summed E-state index contributed by atoms with van der Waals surface area (Å²) in [6.45, 7) is 6.18. The van der Waals surface area contributed by atoms with E-state index >= 15 is 0 Å². The number of hydrogen-bond donors (Lipinski definition) is 2. The van der Waals surface area contributed by atoms with Crippen molar-refractivity contribution in [2.75, 3.05) is 19.8 Å². The summed E-state index contributed by atoms with van der Waals surface area (Å²) in [5.41, 5.74) is 0. The van der Waals surface area contributed by atoms with Crippen LogP contribution in [0.1, 0.15) is 26.7 Å². The Bertz CT molecular complexity index is 135. The highest BCUT2D eigenvalue weighted by molar-refractivity contribution is 4.80. The summed E-state index contributed by atoms with van der Waals surface area (Å²) in [6, 6.07) is 0.704. The Morgan fingerprint density at radius 2 is 2.38 bits per heavy atom. The minimum absolute atomic E-state index is 0.200. The lowest BCUT2D eigenvalue weighted by atomic mass is 9.96. The maximum absolute atomic E-state index is 8.93. The van der Waals surface area contributed by atoms with Crippen LogP contribution < -0.4 is 5.32 Å². The second-order valence-electron chi connectivity index (χ2n) is 3.89. The molecule has 3 atom stereocenters. The van der Waals surface area contributed by atoms with Crippen LogP contribution in [0.4, 0.5) is 0 Å². The molecule has 0 aromatic carbocycles. The molecule has 1 fully saturated rings. The highest BCUT2D eigenvalue weighted by atomic mass is 16.5. The van der Waals surface area contributed by atoms with Crippen molar-refractivity contribution in [2.45, 2.75) is 38.8 Å². The lowest BCUT2D eigenvalue weighted by Crippen LogP contribution is -2.43. The van der Waals surface area contributed by atoms with Crippen LogP contribution in [0.5, 0.6) is 0 Å². The fourth-order valence-corrected chi connectivity index (χ4v) is 1.88. The number of rotatable bonds is 5. The first kappa shape index (κ1) is 11.0. The maximum atomic E-state index is 8.93. The molecule has 0 radical (unpaired) electrons. The van der Waals surface area contributed by atoms with Crippen molar-refractivity contribution in [1.82, 2.24) is 5.32 Å². The van der Waals surface area contributed by atoms with E-state index in [2.05, 4.69) is 12.2 Å². The highest BCUT2D eigenvalue weighted by Gasteiger charge is 2.24. The molecule has 0 aromatic rings. The van der Waals surface area contributed by atoms with Gasteiger partial charge in [-0.05, 0) is 25.7 Å². The predicted molar refractivity (Wildman–Crippen MR) is 52.7 cm³/mol. The standard InChI is InChI=1S/C10H21NO2/c1-3-10(11-8(2)6-12)9-4-5-13-7-9/h8-12H,3-7H2,1-2H3/t8-,9?,10?/m1/s1. The molecule has 0 aliphatic carbocycles. The van der Waals surface area contributed by atoms with Gasteiger partial charge in [-0.1, -0.05) is 6.92 Å². The van der Waals surface area contributed by atoms with Crippen molar-refractivity contribution in [2.24, 2.45) is 5.92 Å². The summed E-state index contributed by atoms with van der Waals surface area (Å²) in [4.78, 5) is 0. The minimum Gasteiger partial charge on any atom is -0.395 e. The van der Waals surface area contributed by atoms with E-state index in [0.717, 1.165) is 26.1 Å². The number of aliphatic hydroxyl groups is 1. The third-order valence-electron chi connectivity index (χ3n) is 2.75. The molecule has 1 heterocycles. The van der Waals surface area contributed by atoms with Gasteiger partial charge in [-0.15, -0.1) is 0 Å². The number of hydrogen-bond acceptors (Lipinski definition) is 3. The molecule has 1 aliphatic heterocycles. The molecule has 13 heavy (non-hydrogen) atoms. The smallest absolute Gasteiger partial charge is 0.0582 e. The molecule has 2 N–H and O–H groups in total. The lowest BCUT2D eigenvalue weighted by molar-refractivity contribution is 0.168. The van der Waals surface area contributed by atoms with Crippen LogP contribution in [0.3, 0.4) is 0 Å². The van der Waals surface area contributed by atoms with Gasteiger partial charge in [-0.3, -0.25) is 0 Å². The first-order chi connectivity index (χ1) is 6.27. The minimum atomic E-state index is 0.200. The third kappa shape index (κ3) is 3.25. The maximum Gasteiger partial charge on any atom is 0.0582 e. The molecule has 0 spiro atoms. The number of nitrogens with one attached hydrogen (secondary N) is 1. The summed E-state index contributed by atoms with van der Waals surface area (Å²) < 4.78 is 5.35. The third-order valence-corrected chi connectivity index (χ3v) is 2.75. The molecule has 2 unspecified atom stereocenters. The van der Waals surface area contributed by atoms with E-state index in [1.165, 1.54) is 0 Å². The monoisotopic (exact) mass is 187 g/mol. The summed E-state index contributed by atoms with van der Waals surface area (Å²) in [6.07, 6.45) is 2.27. The van der Waals surface area contributed by atoms with E-state index in [-0.39, 0.29) is 12.6 Å². The van der Waals surface area contributed by atoms with E-state index in [9.17, 15) is 0 Å². The van der Waals surface area contributed by atoms with Crippen molar-refractivity contribution < 1.29 is 9.84 Å². The van der Waals surface area contributed by atoms with Crippen LogP contribution in [-0.2, 0) is 4.74 Å². The van der Waals surface area contributed by atoms with Gasteiger partial charge in [0, 0.05) is 18.7 Å². The summed E-state index contributed by atoms with van der Waals surface area (Å²) >= 11 is 0. The Labute approximate surface area is 80.5 Å². The van der Waals surface area contributed by atoms with E-state index in [1.807, 2.05) is 6.92 Å². The molecule has 0 saturated carbocycles. The zero-order valence-corrected chi connectivity index (χ0v) is 8.62. The number of aliphatic hydroxyl groups excluding tert-OH is 1. The van der Waals surface area contributed by atoms with Crippen LogP contribution in [0.15, 0.2) is 0 Å². The Hall–Kier alpha value is -0.120. The first-order valence-electron chi connectivity index (χ1n) is 5.22. The van der Waals surface area contributed by atoms with Crippen LogP contribution in [0, 0.1) is 5.92 Å². The number of ether oxygens (including phenoxy) is 1. The Morgan fingerprint density at radius 3 is 2.85 bits per heavy atom. The Kier molecular flexibility index (Phi) is 4.70. The molecule has 0 bridgehead atoms. The van der Waals surface area contributed by atoms with E-state index in [0.29, 0.717) is 12.0 Å². The van der Waals surface area contributed by atoms with Crippen molar-refractivity contribution in [1.29, 1.82) is 0 Å². The average Bonchev–Trinajstić information content (AvgIpc) is 2.66. The second kappa shape index (κ2) is 5.58. The predicted octanol–water partition coefficient (Wildman–Crippen LogP) is 0.772. The van der Waals surface area contributed by atoms with Crippen LogP contribution in [-0.4, -0.2) is 37.0 Å². The van der Waals surface area contributed by atoms with Crippen LogP contribution in [0.2, 0.25) is 0 Å². The SMILES string of the molecule is CCC(N[C@H](C)CO)C1CCOC1. The molecule has 78 valence electrons. The molecule has 1 aliphatic rings. The fraction of sp³-hybridized carbons (Fsp3) is 1.00. The molecule has 3 heteroatoms. The van der Waals surface area contributed by atoms with Gasteiger partial charge in [-0.2, -0.15) is 0 Å². The summed E-state index contributed by atoms with van der Waals surface area (Å²) in [5, 5.41) is 12.4.